The molecule has 2 N–H and O–H groups in total. The molecule has 3 rings (SSSR count). The zero-order chi connectivity index (χ0) is 16.1. The van der Waals surface area contributed by atoms with Crippen molar-refractivity contribution in [1.82, 2.24) is 10.3 Å². The predicted octanol–water partition coefficient (Wildman–Crippen LogP) is 3.01. The largest absolute Gasteiger partial charge is 0.369 e. The van der Waals surface area contributed by atoms with Gasteiger partial charge in [0.1, 0.15) is 0 Å². The molecular weight excluding hydrogens is 295 g/mol. The number of pyridine rings is 1. The maximum absolute atomic E-state index is 13.5. The summed E-state index contributed by atoms with van der Waals surface area (Å²) in [6.45, 7) is 1.72. The molecule has 0 unspecified atom stereocenters. The van der Waals surface area contributed by atoms with Gasteiger partial charge in [0.25, 0.3) is 0 Å². The van der Waals surface area contributed by atoms with E-state index in [1.807, 2.05) is 18.2 Å². The highest BCUT2D eigenvalue weighted by Gasteiger charge is 2.21. The van der Waals surface area contributed by atoms with Gasteiger partial charge in [-0.2, -0.15) is 0 Å². The van der Waals surface area contributed by atoms with E-state index in [1.54, 1.807) is 0 Å². The van der Waals surface area contributed by atoms with Gasteiger partial charge in [-0.05, 0) is 31.0 Å². The Labute approximate surface area is 134 Å². The highest BCUT2D eigenvalue weighted by molar-refractivity contribution is 5.89. The van der Waals surface area contributed by atoms with E-state index in [9.17, 15) is 9.18 Å². The molecule has 1 atom stereocenters. The number of benzene rings is 1. The van der Waals surface area contributed by atoms with E-state index in [4.69, 9.17) is 0 Å². The molecule has 1 saturated heterocycles. The van der Waals surface area contributed by atoms with Crippen molar-refractivity contribution in [2.75, 3.05) is 23.3 Å². The Kier molecular flexibility index (Phi) is 4.71. The minimum Gasteiger partial charge on any atom is -0.369 e. The fourth-order valence-electron chi connectivity index (χ4n) is 2.79. The molecule has 1 aromatic carbocycles. The zero-order valence-corrected chi connectivity index (χ0v) is 12.7. The Bertz CT molecular complexity index is 665. The van der Waals surface area contributed by atoms with Gasteiger partial charge in [-0.15, -0.1) is 0 Å². The van der Waals surface area contributed by atoms with Crippen LogP contribution in [0.15, 0.2) is 48.8 Å². The molecule has 0 radical (unpaired) electrons. The molecule has 1 aliphatic heterocycles. The summed E-state index contributed by atoms with van der Waals surface area (Å²) in [6.07, 6.45) is 4.43. The maximum Gasteiger partial charge on any atom is 0.319 e. The Morgan fingerprint density at radius 3 is 2.87 bits per heavy atom. The van der Waals surface area contributed by atoms with E-state index in [0.717, 1.165) is 37.8 Å². The number of para-hydroxylation sites is 1. The lowest BCUT2D eigenvalue weighted by atomic mass is 10.1. The number of carbonyl (C=O) groups is 1. The van der Waals surface area contributed by atoms with Gasteiger partial charge in [0.05, 0.1) is 11.9 Å². The minimum absolute atomic E-state index is 0.0360. The van der Waals surface area contributed by atoms with Crippen LogP contribution in [0.1, 0.15) is 12.8 Å². The Morgan fingerprint density at radius 2 is 2.09 bits per heavy atom. The second-order valence-corrected chi connectivity index (χ2v) is 5.57. The average molecular weight is 314 g/mol. The summed E-state index contributed by atoms with van der Waals surface area (Å²) in [4.78, 5) is 18.0. The third kappa shape index (κ3) is 3.97. The standard InChI is InChI=1S/C17H19FN4O/c18-15-11-19-9-8-16(15)21-17(23)20-13-5-4-10-22(12-13)14-6-2-1-3-7-14/h1-3,6-9,11,13H,4-5,10,12H2,(H2,19,20,21,23)/t13-/m0/s1. The molecule has 1 aliphatic rings. The van der Waals surface area contributed by atoms with Crippen LogP contribution >= 0.6 is 0 Å². The van der Waals surface area contributed by atoms with Crippen LogP contribution in [0.5, 0.6) is 0 Å². The van der Waals surface area contributed by atoms with Gasteiger partial charge in [0.15, 0.2) is 5.82 Å². The van der Waals surface area contributed by atoms with Gasteiger partial charge >= 0.3 is 6.03 Å². The number of aromatic nitrogens is 1. The third-order valence-electron chi connectivity index (χ3n) is 3.90. The van der Waals surface area contributed by atoms with Crippen molar-refractivity contribution in [3.8, 4) is 0 Å². The molecule has 1 fully saturated rings. The fraction of sp³-hybridized carbons (Fsp3) is 0.294. The highest BCUT2D eigenvalue weighted by atomic mass is 19.1. The normalized spacial score (nSPS) is 17.6. The number of nitrogens with one attached hydrogen (secondary N) is 2. The van der Waals surface area contributed by atoms with Crippen LogP contribution in [0.4, 0.5) is 20.6 Å². The summed E-state index contributed by atoms with van der Waals surface area (Å²) in [5.74, 6) is -0.544. The first kappa shape index (κ1) is 15.3. The molecular formula is C17H19FN4O. The molecule has 2 amide bonds. The summed E-state index contributed by atoms with van der Waals surface area (Å²) in [5, 5.41) is 5.44. The second kappa shape index (κ2) is 7.09. The van der Waals surface area contributed by atoms with Gasteiger partial charge < -0.3 is 15.5 Å². The molecule has 120 valence electrons. The van der Waals surface area contributed by atoms with Crippen molar-refractivity contribution in [2.24, 2.45) is 0 Å². The second-order valence-electron chi connectivity index (χ2n) is 5.57. The van der Waals surface area contributed by atoms with E-state index >= 15 is 0 Å². The van der Waals surface area contributed by atoms with Gasteiger partial charge in [-0.1, -0.05) is 18.2 Å². The number of hydrogen-bond donors (Lipinski definition) is 2. The van der Waals surface area contributed by atoms with Crippen molar-refractivity contribution in [3.05, 3.63) is 54.6 Å². The van der Waals surface area contributed by atoms with E-state index in [-0.39, 0.29) is 11.7 Å². The lowest BCUT2D eigenvalue weighted by Crippen LogP contribution is -2.49. The zero-order valence-electron chi connectivity index (χ0n) is 12.7. The number of nitrogens with zero attached hydrogens (tertiary/aromatic N) is 2. The lowest BCUT2D eigenvalue weighted by molar-refractivity contribution is 0.246. The first-order valence-electron chi connectivity index (χ1n) is 7.69. The summed E-state index contributed by atoms with van der Waals surface area (Å²) in [7, 11) is 0. The fourth-order valence-corrected chi connectivity index (χ4v) is 2.79. The lowest BCUT2D eigenvalue weighted by Gasteiger charge is -2.34. The van der Waals surface area contributed by atoms with E-state index < -0.39 is 11.8 Å². The predicted molar refractivity (Wildman–Crippen MR) is 88.0 cm³/mol. The van der Waals surface area contributed by atoms with Gasteiger partial charge in [0.2, 0.25) is 0 Å². The van der Waals surface area contributed by atoms with Crippen LogP contribution in [0.2, 0.25) is 0 Å². The Hall–Kier alpha value is -2.63. The van der Waals surface area contributed by atoms with E-state index in [1.165, 1.54) is 12.3 Å². The van der Waals surface area contributed by atoms with Crippen molar-refractivity contribution in [2.45, 2.75) is 18.9 Å². The number of halogens is 1. The molecule has 2 heterocycles. The van der Waals surface area contributed by atoms with E-state index in [0.29, 0.717) is 0 Å². The maximum atomic E-state index is 13.5. The molecule has 6 heteroatoms. The number of rotatable bonds is 3. The molecule has 5 nitrogen and oxygen atoms in total. The topological polar surface area (TPSA) is 57.3 Å². The smallest absolute Gasteiger partial charge is 0.319 e. The van der Waals surface area contributed by atoms with Crippen LogP contribution in [-0.2, 0) is 0 Å². The molecule has 2 aromatic rings. The minimum atomic E-state index is -0.544. The first-order valence-corrected chi connectivity index (χ1v) is 7.69. The number of piperidine rings is 1. The third-order valence-corrected chi connectivity index (χ3v) is 3.90. The number of hydrogen-bond acceptors (Lipinski definition) is 3. The van der Waals surface area contributed by atoms with Crippen molar-refractivity contribution in [1.29, 1.82) is 0 Å². The SMILES string of the molecule is O=C(Nc1ccncc1F)N[C@H]1CCCN(c2ccccc2)C1. The number of anilines is 2. The monoisotopic (exact) mass is 314 g/mol. The van der Waals surface area contributed by atoms with Crippen LogP contribution in [-0.4, -0.2) is 30.1 Å². The molecule has 0 aliphatic carbocycles. The molecule has 23 heavy (non-hydrogen) atoms. The first-order chi connectivity index (χ1) is 11.2. The number of amides is 2. The van der Waals surface area contributed by atoms with Gasteiger partial charge in [-0.25, -0.2) is 9.18 Å². The van der Waals surface area contributed by atoms with Gasteiger partial charge in [-0.3, -0.25) is 4.98 Å². The quantitative estimate of drug-likeness (QED) is 0.915. The molecule has 0 saturated carbocycles. The summed E-state index contributed by atoms with van der Waals surface area (Å²) >= 11 is 0. The van der Waals surface area contributed by atoms with Gasteiger partial charge in [0, 0.05) is 31.0 Å². The summed E-state index contributed by atoms with van der Waals surface area (Å²) in [5.41, 5.74) is 1.29. The molecule has 0 bridgehead atoms. The van der Waals surface area contributed by atoms with Crippen LogP contribution in [0, 0.1) is 5.82 Å². The van der Waals surface area contributed by atoms with Crippen LogP contribution in [0.3, 0.4) is 0 Å². The highest BCUT2D eigenvalue weighted by Crippen LogP contribution is 2.19. The van der Waals surface area contributed by atoms with Crippen molar-refractivity contribution in [3.63, 3.8) is 0 Å². The average Bonchev–Trinajstić information content (AvgIpc) is 2.58. The van der Waals surface area contributed by atoms with Crippen LogP contribution < -0.4 is 15.5 Å². The number of urea groups is 1. The number of carbonyl (C=O) groups excluding carboxylic acids is 1. The Morgan fingerprint density at radius 1 is 1.26 bits per heavy atom. The molecule has 1 aromatic heterocycles. The van der Waals surface area contributed by atoms with E-state index in [2.05, 4.69) is 32.7 Å². The van der Waals surface area contributed by atoms with Crippen LogP contribution in [0.25, 0.3) is 0 Å². The Balaban J connectivity index is 1.57. The molecule has 0 spiro atoms. The summed E-state index contributed by atoms with van der Waals surface area (Å²) < 4.78 is 13.5. The van der Waals surface area contributed by atoms with Crippen molar-refractivity contribution < 1.29 is 9.18 Å². The van der Waals surface area contributed by atoms with Crippen molar-refractivity contribution >= 4 is 17.4 Å². The summed E-state index contributed by atoms with van der Waals surface area (Å²) in [6, 6.07) is 11.2.